The molecular weight excluding hydrogens is 246 g/mol. The first-order valence-electron chi connectivity index (χ1n) is 5.57. The van der Waals surface area contributed by atoms with Crippen molar-refractivity contribution in [3.63, 3.8) is 0 Å². The standard InChI is InChI=1S/C14H15NO2S/c1-8-4-5-9(2)10(6-8)11-7-18-13(12(11)15)14(16)17-3/h4-7H,15H2,1-3H3. The van der Waals surface area contributed by atoms with Crippen molar-refractivity contribution in [2.75, 3.05) is 12.8 Å². The highest BCUT2D eigenvalue weighted by Crippen LogP contribution is 2.36. The Hall–Kier alpha value is -1.81. The number of rotatable bonds is 2. The fraction of sp³-hybridized carbons (Fsp3) is 0.214. The summed E-state index contributed by atoms with van der Waals surface area (Å²) in [6, 6.07) is 6.19. The second kappa shape index (κ2) is 4.82. The van der Waals surface area contributed by atoms with E-state index in [1.807, 2.05) is 19.2 Å². The molecule has 0 bridgehead atoms. The highest BCUT2D eigenvalue weighted by molar-refractivity contribution is 7.13. The molecule has 0 saturated carbocycles. The molecule has 18 heavy (non-hydrogen) atoms. The number of methoxy groups -OCH3 is 1. The zero-order valence-electron chi connectivity index (χ0n) is 10.6. The number of esters is 1. The molecule has 94 valence electrons. The lowest BCUT2D eigenvalue weighted by molar-refractivity contribution is 0.0607. The minimum Gasteiger partial charge on any atom is -0.465 e. The minimum absolute atomic E-state index is 0.381. The van der Waals surface area contributed by atoms with Gasteiger partial charge >= 0.3 is 5.97 Å². The maximum atomic E-state index is 11.5. The van der Waals surface area contributed by atoms with Gasteiger partial charge in [-0.2, -0.15) is 0 Å². The van der Waals surface area contributed by atoms with Crippen molar-refractivity contribution in [3.8, 4) is 11.1 Å². The molecule has 3 nitrogen and oxygen atoms in total. The average molecular weight is 261 g/mol. The van der Waals surface area contributed by atoms with Crippen molar-refractivity contribution in [2.24, 2.45) is 0 Å². The second-order valence-electron chi connectivity index (χ2n) is 4.20. The van der Waals surface area contributed by atoms with E-state index >= 15 is 0 Å². The predicted molar refractivity (Wildman–Crippen MR) is 75.0 cm³/mol. The van der Waals surface area contributed by atoms with Crippen LogP contribution in [0.3, 0.4) is 0 Å². The largest absolute Gasteiger partial charge is 0.465 e. The van der Waals surface area contributed by atoms with E-state index in [0.29, 0.717) is 10.6 Å². The number of anilines is 1. The number of nitrogen functional groups attached to an aromatic ring is 1. The third-order valence-electron chi connectivity index (χ3n) is 2.88. The first-order chi connectivity index (χ1) is 8.54. The van der Waals surface area contributed by atoms with Gasteiger partial charge in [-0.1, -0.05) is 23.8 Å². The SMILES string of the molecule is COC(=O)c1scc(-c2cc(C)ccc2C)c1N. The molecule has 0 aliphatic heterocycles. The lowest BCUT2D eigenvalue weighted by Crippen LogP contribution is -2.02. The van der Waals surface area contributed by atoms with Gasteiger partial charge in [-0.25, -0.2) is 4.79 Å². The van der Waals surface area contributed by atoms with Gasteiger partial charge in [0.15, 0.2) is 0 Å². The van der Waals surface area contributed by atoms with E-state index in [9.17, 15) is 4.79 Å². The third kappa shape index (κ3) is 2.11. The summed E-state index contributed by atoms with van der Waals surface area (Å²) >= 11 is 1.32. The molecule has 1 aromatic carbocycles. The van der Waals surface area contributed by atoms with Gasteiger partial charge in [0.2, 0.25) is 0 Å². The van der Waals surface area contributed by atoms with Crippen LogP contribution in [-0.4, -0.2) is 13.1 Å². The molecular formula is C14H15NO2S. The Balaban J connectivity index is 2.55. The van der Waals surface area contributed by atoms with Crippen molar-refractivity contribution in [1.82, 2.24) is 0 Å². The Labute approximate surface area is 110 Å². The first-order valence-corrected chi connectivity index (χ1v) is 6.45. The zero-order valence-corrected chi connectivity index (χ0v) is 11.4. The number of thiophene rings is 1. The Morgan fingerprint density at radius 2 is 2.00 bits per heavy atom. The number of hydrogen-bond acceptors (Lipinski definition) is 4. The van der Waals surface area contributed by atoms with Crippen LogP contribution in [0.4, 0.5) is 5.69 Å². The number of nitrogens with two attached hydrogens (primary N) is 1. The van der Waals surface area contributed by atoms with Gasteiger partial charge in [0.05, 0.1) is 12.8 Å². The number of benzene rings is 1. The van der Waals surface area contributed by atoms with Crippen LogP contribution in [0, 0.1) is 13.8 Å². The lowest BCUT2D eigenvalue weighted by atomic mass is 9.99. The fourth-order valence-corrected chi connectivity index (χ4v) is 2.76. The predicted octanol–water partition coefficient (Wildman–Crippen LogP) is 3.40. The van der Waals surface area contributed by atoms with Crippen LogP contribution in [0.5, 0.6) is 0 Å². The molecule has 0 aliphatic carbocycles. The van der Waals surface area contributed by atoms with Crippen LogP contribution >= 0.6 is 11.3 Å². The molecule has 0 amide bonds. The molecule has 0 radical (unpaired) electrons. The van der Waals surface area contributed by atoms with Crippen molar-refractivity contribution in [3.05, 3.63) is 39.6 Å². The van der Waals surface area contributed by atoms with Crippen LogP contribution in [0.2, 0.25) is 0 Å². The Morgan fingerprint density at radius 1 is 1.28 bits per heavy atom. The smallest absolute Gasteiger partial charge is 0.350 e. The summed E-state index contributed by atoms with van der Waals surface area (Å²) in [7, 11) is 1.36. The van der Waals surface area contributed by atoms with E-state index < -0.39 is 0 Å². The molecule has 2 aromatic rings. The molecule has 0 aliphatic rings. The summed E-state index contributed by atoms with van der Waals surface area (Å²) in [6.45, 7) is 4.07. The van der Waals surface area contributed by atoms with Crippen molar-refractivity contribution < 1.29 is 9.53 Å². The third-order valence-corrected chi connectivity index (χ3v) is 3.86. The van der Waals surface area contributed by atoms with Gasteiger partial charge in [0.25, 0.3) is 0 Å². The molecule has 0 fully saturated rings. The molecule has 1 heterocycles. The molecule has 2 N–H and O–H groups in total. The fourth-order valence-electron chi connectivity index (χ4n) is 1.85. The van der Waals surface area contributed by atoms with Crippen LogP contribution in [0.15, 0.2) is 23.6 Å². The summed E-state index contributed by atoms with van der Waals surface area (Å²) in [6.07, 6.45) is 0. The van der Waals surface area contributed by atoms with E-state index in [0.717, 1.165) is 16.7 Å². The first kappa shape index (κ1) is 12.6. The van der Waals surface area contributed by atoms with E-state index in [-0.39, 0.29) is 5.97 Å². The summed E-state index contributed by atoms with van der Waals surface area (Å²) in [5.74, 6) is -0.381. The van der Waals surface area contributed by atoms with Crippen LogP contribution in [-0.2, 0) is 4.74 Å². The molecule has 4 heteroatoms. The zero-order chi connectivity index (χ0) is 13.3. The van der Waals surface area contributed by atoms with Crippen molar-refractivity contribution >= 4 is 23.0 Å². The quantitative estimate of drug-likeness (QED) is 0.843. The van der Waals surface area contributed by atoms with Gasteiger partial charge in [-0.15, -0.1) is 11.3 Å². The van der Waals surface area contributed by atoms with Crippen LogP contribution in [0.1, 0.15) is 20.8 Å². The minimum atomic E-state index is -0.381. The highest BCUT2D eigenvalue weighted by Gasteiger charge is 2.18. The number of carbonyl (C=O) groups excluding carboxylic acids is 1. The van der Waals surface area contributed by atoms with E-state index in [1.54, 1.807) is 0 Å². The maximum Gasteiger partial charge on any atom is 0.350 e. The number of carbonyl (C=O) groups is 1. The second-order valence-corrected chi connectivity index (χ2v) is 5.08. The van der Waals surface area contributed by atoms with E-state index in [1.165, 1.54) is 24.0 Å². The normalized spacial score (nSPS) is 10.4. The van der Waals surface area contributed by atoms with Crippen molar-refractivity contribution in [2.45, 2.75) is 13.8 Å². The number of hydrogen-bond donors (Lipinski definition) is 1. The van der Waals surface area contributed by atoms with E-state index in [2.05, 4.69) is 18.2 Å². The monoisotopic (exact) mass is 261 g/mol. The Morgan fingerprint density at radius 3 is 2.67 bits per heavy atom. The Bertz CT molecular complexity index is 602. The molecule has 1 aromatic heterocycles. The van der Waals surface area contributed by atoms with Crippen LogP contribution < -0.4 is 5.73 Å². The van der Waals surface area contributed by atoms with Gasteiger partial charge in [-0.05, 0) is 25.0 Å². The van der Waals surface area contributed by atoms with Crippen LogP contribution in [0.25, 0.3) is 11.1 Å². The number of aryl methyl sites for hydroxylation is 2. The molecule has 2 rings (SSSR count). The number of ether oxygens (including phenoxy) is 1. The summed E-state index contributed by atoms with van der Waals surface area (Å²) in [5.41, 5.74) is 10.8. The Kier molecular flexibility index (Phi) is 3.39. The topological polar surface area (TPSA) is 52.3 Å². The molecule has 0 atom stereocenters. The summed E-state index contributed by atoms with van der Waals surface area (Å²) in [4.78, 5) is 12.0. The molecule has 0 unspecified atom stereocenters. The lowest BCUT2D eigenvalue weighted by Gasteiger charge is -2.07. The molecule has 0 spiro atoms. The van der Waals surface area contributed by atoms with Gasteiger partial charge in [0.1, 0.15) is 4.88 Å². The molecule has 0 saturated heterocycles. The summed E-state index contributed by atoms with van der Waals surface area (Å²) < 4.78 is 4.71. The highest BCUT2D eigenvalue weighted by atomic mass is 32.1. The van der Waals surface area contributed by atoms with Gasteiger partial charge in [-0.3, -0.25) is 0 Å². The maximum absolute atomic E-state index is 11.5. The van der Waals surface area contributed by atoms with E-state index in [4.69, 9.17) is 10.5 Å². The van der Waals surface area contributed by atoms with Gasteiger partial charge < -0.3 is 10.5 Å². The van der Waals surface area contributed by atoms with Gasteiger partial charge in [0, 0.05) is 10.9 Å². The summed E-state index contributed by atoms with van der Waals surface area (Å²) in [5, 5.41) is 1.91. The average Bonchev–Trinajstić information content (AvgIpc) is 2.73. The van der Waals surface area contributed by atoms with Crippen molar-refractivity contribution in [1.29, 1.82) is 0 Å².